The zero-order valence-corrected chi connectivity index (χ0v) is 21.7. The number of benzene rings is 2. The van der Waals surface area contributed by atoms with Crippen LogP contribution in [0.2, 0.25) is 0 Å². The molecular weight excluding hydrogens is 748 g/mol. The Bertz CT molecular complexity index is 815. The van der Waals surface area contributed by atoms with Gasteiger partial charge in [0.2, 0.25) is 0 Å². The molecule has 0 fully saturated rings. The fraction of sp³-hybridized carbons (Fsp3) is 0.333. The molecule has 0 aliphatic heterocycles. The van der Waals surface area contributed by atoms with Crippen molar-refractivity contribution in [1.29, 1.82) is 0 Å². The van der Waals surface area contributed by atoms with Crippen LogP contribution in [0, 0.1) is 12.1 Å². The molecule has 0 bridgehead atoms. The largest absolute Gasteiger partial charge is 2.00 e. The van der Waals surface area contributed by atoms with Crippen LogP contribution >= 0.6 is 0 Å². The Morgan fingerprint density at radius 1 is 0.333 bits per heavy atom. The summed E-state index contributed by atoms with van der Waals surface area (Å²) >= 11 is 0. The zero-order valence-electron chi connectivity index (χ0n) is 17.4. The van der Waals surface area contributed by atoms with E-state index < -0.39 is 94.7 Å². The molecule has 4 radical (unpaired) electrons. The summed E-state index contributed by atoms with van der Waals surface area (Å²) in [6.45, 7) is 0. The van der Waals surface area contributed by atoms with Crippen LogP contribution in [-0.4, -0.2) is 23.9 Å². The standard InChI is InChI=1S/2C9H2F9.2ClH.Sn/c2*10-7(11,12)4-1-5(8(13,14)15)3-6(2-4)9(16,17)18;;;/h2*1-2H;2*1H;/q;;;;+2/p-2. The van der Waals surface area contributed by atoms with E-state index in [4.69, 9.17) is 0 Å². The van der Waals surface area contributed by atoms with Gasteiger partial charge in [-0.2, -0.15) is 79.0 Å². The van der Waals surface area contributed by atoms with Crippen LogP contribution in [0.3, 0.4) is 0 Å². The molecule has 0 N–H and O–H groups in total. The van der Waals surface area contributed by atoms with E-state index in [1.807, 2.05) is 0 Å². The first-order valence-corrected chi connectivity index (χ1v) is 8.21. The first-order chi connectivity index (χ1) is 15.6. The molecule has 2 rings (SSSR count). The van der Waals surface area contributed by atoms with Crippen molar-refractivity contribution in [3.63, 3.8) is 0 Å². The Kier molecular flexibility index (Phi) is 14.5. The van der Waals surface area contributed by atoms with Gasteiger partial charge in [-0.3, -0.25) is 0 Å². The third-order valence-corrected chi connectivity index (χ3v) is 3.61. The zero-order chi connectivity index (χ0) is 28.7. The van der Waals surface area contributed by atoms with Crippen molar-refractivity contribution >= 4 is 23.9 Å². The van der Waals surface area contributed by atoms with E-state index in [1.54, 1.807) is 0 Å². The molecule has 2 aromatic carbocycles. The molecule has 0 aliphatic rings. The molecule has 0 unspecified atom stereocenters. The maximum atomic E-state index is 12.2. The first-order valence-electron chi connectivity index (χ1n) is 8.21. The van der Waals surface area contributed by atoms with Gasteiger partial charge in [0, 0.05) is 12.1 Å². The van der Waals surface area contributed by atoms with E-state index in [0.29, 0.717) is 0 Å². The summed E-state index contributed by atoms with van der Waals surface area (Å²) in [6, 6.07) is 0.0881. The van der Waals surface area contributed by atoms with E-state index in [9.17, 15) is 79.0 Å². The topological polar surface area (TPSA) is 0 Å². The predicted octanol–water partition coefficient (Wildman–Crippen LogP) is 2.71. The smallest absolute Gasteiger partial charge is 1.00 e. The average molecular weight is 752 g/mol. The van der Waals surface area contributed by atoms with Gasteiger partial charge in [0.15, 0.2) is 0 Å². The Labute approximate surface area is 234 Å². The molecule has 0 saturated carbocycles. The number of alkyl halides is 18. The molecule has 0 amide bonds. The van der Waals surface area contributed by atoms with Gasteiger partial charge < -0.3 is 24.8 Å². The molecule has 0 atom stereocenters. The van der Waals surface area contributed by atoms with Crippen molar-refractivity contribution in [2.45, 2.75) is 37.1 Å². The van der Waals surface area contributed by atoms with E-state index >= 15 is 0 Å². The fourth-order valence-corrected chi connectivity index (χ4v) is 2.08. The minimum Gasteiger partial charge on any atom is -1.00 e. The summed E-state index contributed by atoms with van der Waals surface area (Å²) in [5.41, 5.74) is -12.5. The Balaban J connectivity index is -0.000000617. The van der Waals surface area contributed by atoms with E-state index in [2.05, 4.69) is 0 Å². The van der Waals surface area contributed by atoms with Gasteiger partial charge in [0.1, 0.15) is 0 Å². The molecule has 0 aromatic heterocycles. The maximum absolute atomic E-state index is 12.2. The second-order valence-corrected chi connectivity index (χ2v) is 6.38. The third-order valence-electron chi connectivity index (χ3n) is 3.61. The number of rotatable bonds is 0. The van der Waals surface area contributed by atoms with Crippen LogP contribution < -0.4 is 24.8 Å². The van der Waals surface area contributed by atoms with Gasteiger partial charge in [-0.05, 0) is 24.3 Å². The van der Waals surface area contributed by atoms with Crippen LogP contribution in [0.5, 0.6) is 0 Å². The average Bonchev–Trinajstić information content (AvgIpc) is 2.63. The second-order valence-electron chi connectivity index (χ2n) is 6.38. The molecule has 0 heterocycles. The minimum atomic E-state index is -5.35. The van der Waals surface area contributed by atoms with Crippen molar-refractivity contribution < 1.29 is 104 Å². The molecule has 2 aromatic rings. The summed E-state index contributed by atoms with van der Waals surface area (Å²) in [6.07, 6.45) is -32.0. The minimum absolute atomic E-state index is 0. The first kappa shape index (κ1) is 42.0. The fourth-order valence-electron chi connectivity index (χ4n) is 2.08. The summed E-state index contributed by atoms with van der Waals surface area (Å²) in [5, 5.41) is 0. The monoisotopic (exact) mass is 752 g/mol. The molecule has 21 heteroatoms. The van der Waals surface area contributed by atoms with Crippen molar-refractivity contribution in [1.82, 2.24) is 0 Å². The van der Waals surface area contributed by atoms with Gasteiger partial charge in [-0.15, -0.1) is 0 Å². The van der Waals surface area contributed by atoms with Crippen molar-refractivity contribution in [2.24, 2.45) is 0 Å². The van der Waals surface area contributed by atoms with Gasteiger partial charge in [-0.25, -0.2) is 0 Å². The van der Waals surface area contributed by atoms with Crippen molar-refractivity contribution in [2.75, 3.05) is 0 Å². The van der Waals surface area contributed by atoms with Crippen LogP contribution in [0.25, 0.3) is 0 Å². The van der Waals surface area contributed by atoms with Crippen LogP contribution in [0.4, 0.5) is 79.0 Å². The summed E-state index contributed by atoms with van der Waals surface area (Å²) in [7, 11) is 0. The van der Waals surface area contributed by atoms with E-state index in [-0.39, 0.29) is 48.7 Å². The second kappa shape index (κ2) is 13.5. The third kappa shape index (κ3) is 12.7. The number of hydrogen-bond acceptors (Lipinski definition) is 0. The molecule has 0 saturated heterocycles. The maximum Gasteiger partial charge on any atom is 2.00 e. The normalized spacial score (nSPS) is 12.8. The van der Waals surface area contributed by atoms with Gasteiger partial charge in [-0.1, -0.05) is 0 Å². The van der Waals surface area contributed by atoms with Crippen molar-refractivity contribution in [3.8, 4) is 0 Å². The number of halogens is 20. The van der Waals surface area contributed by atoms with Crippen LogP contribution in [0.15, 0.2) is 24.3 Å². The van der Waals surface area contributed by atoms with Crippen LogP contribution in [-0.2, 0) is 37.1 Å². The molecular formula is C18H4Cl2F18Sn. The summed E-state index contributed by atoms with van der Waals surface area (Å²) in [4.78, 5) is 0. The molecule has 0 spiro atoms. The Hall–Kier alpha value is -1.44. The Morgan fingerprint density at radius 3 is 0.590 bits per heavy atom. The van der Waals surface area contributed by atoms with Crippen LogP contribution in [0.1, 0.15) is 33.4 Å². The molecule has 39 heavy (non-hydrogen) atoms. The van der Waals surface area contributed by atoms with Crippen molar-refractivity contribution in [3.05, 3.63) is 69.8 Å². The Morgan fingerprint density at radius 2 is 0.487 bits per heavy atom. The molecule has 0 nitrogen and oxygen atoms in total. The molecule has 0 aliphatic carbocycles. The summed E-state index contributed by atoms with van der Waals surface area (Å²) < 4.78 is 219. The van der Waals surface area contributed by atoms with E-state index in [1.165, 1.54) is 0 Å². The van der Waals surface area contributed by atoms with Gasteiger partial charge in [0.05, 0.1) is 33.4 Å². The summed E-state index contributed by atoms with van der Waals surface area (Å²) in [5.74, 6) is 0. The number of hydrogen-bond donors (Lipinski definition) is 0. The molecule has 220 valence electrons. The van der Waals surface area contributed by atoms with Gasteiger partial charge >= 0.3 is 61.0 Å². The van der Waals surface area contributed by atoms with E-state index in [0.717, 1.165) is 12.1 Å². The predicted molar refractivity (Wildman–Crippen MR) is 86.3 cm³/mol. The quantitative estimate of drug-likeness (QED) is 0.288. The van der Waals surface area contributed by atoms with Gasteiger partial charge in [0.25, 0.3) is 0 Å². The SMILES string of the molecule is FC(F)(F)c1[c]c(C(F)(F)F)cc(C(F)(F)F)c1.FC(F)(F)c1[c]c(C(F)(F)F)cc(C(F)(F)F)c1.[Cl-].[Cl-].[Sn+2].